The van der Waals surface area contributed by atoms with Gasteiger partial charge in [0.15, 0.2) is 0 Å². The van der Waals surface area contributed by atoms with Crippen molar-refractivity contribution in [2.24, 2.45) is 0 Å². The molecule has 2 aliphatic heterocycles. The quantitative estimate of drug-likeness (QED) is 0.411. The molecule has 7 nitrogen and oxygen atoms in total. The summed E-state index contributed by atoms with van der Waals surface area (Å²) in [7, 11) is 8.35. The molecule has 10 heteroatoms. The van der Waals surface area contributed by atoms with Crippen LogP contribution in [0.3, 0.4) is 0 Å². The van der Waals surface area contributed by atoms with Gasteiger partial charge in [-0.3, -0.25) is 4.57 Å². The molecule has 0 N–H and O–H groups in total. The maximum Gasteiger partial charge on any atom is 0.328 e. The Hall–Kier alpha value is 0.120. The van der Waals surface area contributed by atoms with Gasteiger partial charge in [0.25, 0.3) is 0 Å². The molecule has 0 bridgehead atoms. The summed E-state index contributed by atoms with van der Waals surface area (Å²) in [5.74, 6) is 0. The second-order valence-electron chi connectivity index (χ2n) is 7.71. The van der Waals surface area contributed by atoms with Gasteiger partial charge in [-0.2, -0.15) is 0 Å². The van der Waals surface area contributed by atoms with E-state index in [0.717, 1.165) is 0 Å². The smallest absolute Gasteiger partial charge is 0.328 e. The Morgan fingerprint density at radius 1 is 0.963 bits per heavy atom. The van der Waals surface area contributed by atoms with E-state index < -0.39 is 25.7 Å². The monoisotopic (exact) mass is 400 g/mol. The zero-order valence-electron chi connectivity index (χ0n) is 16.9. The number of ether oxygens (including phenoxy) is 4. The van der Waals surface area contributed by atoms with Crippen LogP contribution in [-0.4, -0.2) is 84.2 Å². The van der Waals surface area contributed by atoms with Gasteiger partial charge in [-0.1, -0.05) is 0 Å². The van der Waals surface area contributed by atoms with E-state index in [4.69, 9.17) is 43.7 Å². The highest BCUT2D eigenvalue weighted by atomic mass is 31.2. The van der Waals surface area contributed by atoms with Crippen LogP contribution in [0, 0.1) is 0 Å². The molecule has 0 aromatic heterocycles. The van der Waals surface area contributed by atoms with Crippen LogP contribution >= 0.6 is 7.60 Å². The molecule has 2 saturated heterocycles. The van der Waals surface area contributed by atoms with Crippen molar-refractivity contribution in [3.63, 3.8) is 0 Å². The SMILES string of the molecule is [B][C@H]1CC(OC(C)C)[C@@H](COP(C)(=O)OC2C[C@H]([B])O[C@@H]2COC(C)C)O1. The van der Waals surface area contributed by atoms with Crippen molar-refractivity contribution in [1.82, 2.24) is 0 Å². The highest BCUT2D eigenvalue weighted by molar-refractivity contribution is 7.53. The van der Waals surface area contributed by atoms with Crippen LogP contribution < -0.4 is 0 Å². The molecule has 0 amide bonds. The maximum atomic E-state index is 12.8. The molecule has 2 aliphatic rings. The maximum absolute atomic E-state index is 12.8. The minimum absolute atomic E-state index is 0.0370. The lowest BCUT2D eigenvalue weighted by Crippen LogP contribution is -2.32. The van der Waals surface area contributed by atoms with Crippen molar-refractivity contribution < 1.29 is 32.6 Å². The number of rotatable bonds is 10. The summed E-state index contributed by atoms with van der Waals surface area (Å²) in [5.41, 5.74) is 0. The average Bonchev–Trinajstić information content (AvgIpc) is 3.04. The second kappa shape index (κ2) is 10.2. The van der Waals surface area contributed by atoms with Crippen LogP contribution in [0.4, 0.5) is 0 Å². The minimum atomic E-state index is -3.35. The topological polar surface area (TPSA) is 72.5 Å². The standard InChI is InChI=1S/C17H31B2O7P/c1-10(2)21-8-14-13(7-17(19)24-14)26-27(5,20)22-9-15-12(23-11(3)4)6-16(18)25-15/h10-17H,6-9H2,1-5H3/t12?,13?,14-,15-,16-,17-,27?/m1/s1. The van der Waals surface area contributed by atoms with E-state index in [2.05, 4.69) is 0 Å². The lowest BCUT2D eigenvalue weighted by atomic mass is 9.96. The predicted molar refractivity (Wildman–Crippen MR) is 104 cm³/mol. The van der Waals surface area contributed by atoms with Gasteiger partial charge in [0.1, 0.15) is 27.9 Å². The highest BCUT2D eigenvalue weighted by Gasteiger charge is 2.40. The zero-order valence-corrected chi connectivity index (χ0v) is 17.8. The third-order valence-electron chi connectivity index (χ3n) is 4.30. The van der Waals surface area contributed by atoms with Crippen LogP contribution in [0.15, 0.2) is 0 Å². The predicted octanol–water partition coefficient (Wildman–Crippen LogP) is 2.00. The first-order valence-electron chi connectivity index (χ1n) is 9.55. The van der Waals surface area contributed by atoms with Crippen molar-refractivity contribution in [3.05, 3.63) is 0 Å². The van der Waals surface area contributed by atoms with E-state index in [1.54, 1.807) is 0 Å². The molecule has 2 fully saturated rings. The van der Waals surface area contributed by atoms with Gasteiger partial charge in [-0.25, -0.2) is 0 Å². The van der Waals surface area contributed by atoms with Crippen molar-refractivity contribution in [1.29, 1.82) is 0 Å². The average molecular weight is 400 g/mol. The molecule has 0 saturated carbocycles. The Kier molecular flexibility index (Phi) is 8.87. The number of hydrogen-bond acceptors (Lipinski definition) is 7. The molecule has 2 rings (SSSR count). The van der Waals surface area contributed by atoms with Crippen LogP contribution in [0.2, 0.25) is 0 Å². The van der Waals surface area contributed by atoms with Crippen LogP contribution in [0.5, 0.6) is 0 Å². The Morgan fingerprint density at radius 2 is 1.52 bits per heavy atom. The molecule has 7 atom stereocenters. The van der Waals surface area contributed by atoms with Crippen LogP contribution in [0.1, 0.15) is 40.5 Å². The zero-order chi connectivity index (χ0) is 20.2. The van der Waals surface area contributed by atoms with Gasteiger partial charge >= 0.3 is 7.60 Å². The van der Waals surface area contributed by atoms with E-state index in [1.807, 2.05) is 27.7 Å². The van der Waals surface area contributed by atoms with Gasteiger partial charge in [-0.05, 0) is 40.5 Å². The first kappa shape index (κ1) is 23.4. The third-order valence-corrected chi connectivity index (χ3v) is 5.57. The molecule has 3 unspecified atom stereocenters. The van der Waals surface area contributed by atoms with Crippen molar-refractivity contribution >= 4 is 23.3 Å². The molecule has 27 heavy (non-hydrogen) atoms. The highest BCUT2D eigenvalue weighted by Crippen LogP contribution is 2.48. The van der Waals surface area contributed by atoms with Gasteiger partial charge in [0.05, 0.1) is 37.6 Å². The summed E-state index contributed by atoms with van der Waals surface area (Å²) in [6, 6.07) is -0.894. The molecular formula is C17H31B2O7P. The summed E-state index contributed by atoms with van der Waals surface area (Å²) in [4.78, 5) is 0. The summed E-state index contributed by atoms with van der Waals surface area (Å²) < 4.78 is 46.8. The first-order chi connectivity index (χ1) is 12.6. The Morgan fingerprint density at radius 3 is 2.07 bits per heavy atom. The Balaban J connectivity index is 1.87. The second-order valence-corrected chi connectivity index (χ2v) is 9.73. The fourth-order valence-electron chi connectivity index (χ4n) is 3.17. The molecule has 4 radical (unpaired) electrons. The summed E-state index contributed by atoms with van der Waals surface area (Å²) in [5, 5.41) is 0. The van der Waals surface area contributed by atoms with E-state index in [0.29, 0.717) is 19.4 Å². The van der Waals surface area contributed by atoms with Gasteiger partial charge in [-0.15, -0.1) is 0 Å². The third kappa shape index (κ3) is 7.81. The molecule has 152 valence electrons. The molecular weight excluding hydrogens is 369 g/mol. The van der Waals surface area contributed by atoms with E-state index in [-0.39, 0.29) is 37.1 Å². The lowest BCUT2D eigenvalue weighted by Gasteiger charge is -2.26. The normalized spacial score (nSPS) is 36.6. The molecule has 0 spiro atoms. The largest absolute Gasteiger partial charge is 0.380 e. The summed E-state index contributed by atoms with van der Waals surface area (Å²) in [6.45, 7) is 9.58. The Bertz CT molecular complexity index is 508. The van der Waals surface area contributed by atoms with Crippen molar-refractivity contribution in [3.8, 4) is 0 Å². The molecule has 0 aromatic carbocycles. The van der Waals surface area contributed by atoms with Crippen molar-refractivity contribution in [2.75, 3.05) is 19.9 Å². The fraction of sp³-hybridized carbons (Fsp3) is 1.00. The first-order valence-corrected chi connectivity index (χ1v) is 11.5. The summed E-state index contributed by atoms with van der Waals surface area (Å²) in [6.07, 6.45) is -0.335. The molecule has 0 aromatic rings. The molecule has 2 heterocycles. The number of hydrogen-bond donors (Lipinski definition) is 0. The van der Waals surface area contributed by atoms with E-state index in [1.165, 1.54) is 6.66 Å². The van der Waals surface area contributed by atoms with Crippen molar-refractivity contribution in [2.45, 2.75) is 89.2 Å². The van der Waals surface area contributed by atoms with Gasteiger partial charge < -0.3 is 28.0 Å². The Labute approximate surface area is 165 Å². The van der Waals surface area contributed by atoms with Gasteiger partial charge in [0, 0.05) is 18.7 Å². The van der Waals surface area contributed by atoms with E-state index in [9.17, 15) is 4.57 Å². The van der Waals surface area contributed by atoms with Gasteiger partial charge in [0.2, 0.25) is 0 Å². The lowest BCUT2D eigenvalue weighted by molar-refractivity contribution is -0.0603. The minimum Gasteiger partial charge on any atom is -0.380 e. The van der Waals surface area contributed by atoms with Crippen LogP contribution in [0.25, 0.3) is 0 Å². The van der Waals surface area contributed by atoms with Crippen LogP contribution in [-0.2, 0) is 32.6 Å². The molecule has 0 aliphatic carbocycles. The summed E-state index contributed by atoms with van der Waals surface area (Å²) >= 11 is 0. The van der Waals surface area contributed by atoms with E-state index >= 15 is 0 Å². The fourth-order valence-corrected chi connectivity index (χ4v) is 4.36.